The van der Waals surface area contributed by atoms with E-state index in [-0.39, 0.29) is 0 Å². The first-order valence-corrected chi connectivity index (χ1v) is 8.41. The molecule has 3 aromatic rings. The lowest BCUT2D eigenvalue weighted by Gasteiger charge is -2.09. The highest BCUT2D eigenvalue weighted by Crippen LogP contribution is 2.25. The summed E-state index contributed by atoms with van der Waals surface area (Å²) in [5, 5.41) is 0. The van der Waals surface area contributed by atoms with Crippen molar-refractivity contribution in [2.45, 2.75) is 4.90 Å². The van der Waals surface area contributed by atoms with Crippen molar-refractivity contribution in [3.8, 4) is 0 Å². The van der Waals surface area contributed by atoms with Gasteiger partial charge in [0.05, 0.1) is 0 Å². The minimum absolute atomic E-state index is 0.961. The molecule has 0 aliphatic heterocycles. The van der Waals surface area contributed by atoms with Gasteiger partial charge in [0, 0.05) is 10.6 Å². The van der Waals surface area contributed by atoms with Crippen molar-refractivity contribution < 1.29 is 0 Å². The van der Waals surface area contributed by atoms with Gasteiger partial charge in [-0.1, -0.05) is 84.9 Å². The highest BCUT2D eigenvalue weighted by molar-refractivity contribution is 7.99. The van der Waals surface area contributed by atoms with Crippen LogP contribution in [0.5, 0.6) is 0 Å². The van der Waals surface area contributed by atoms with Crippen LogP contribution in [0, 0.1) is 0 Å². The van der Waals surface area contributed by atoms with Gasteiger partial charge in [-0.3, -0.25) is 0 Å². The average Bonchev–Trinajstić information content (AvgIpc) is 2.61. The second-order valence-corrected chi connectivity index (χ2v) is 6.07. The van der Waals surface area contributed by atoms with Crippen LogP contribution in [0.4, 0.5) is 0 Å². The molecule has 0 fully saturated rings. The van der Waals surface area contributed by atoms with Gasteiger partial charge in [-0.15, -0.1) is 11.8 Å². The predicted octanol–water partition coefficient (Wildman–Crippen LogP) is 5.91. The quantitative estimate of drug-likeness (QED) is 0.528. The van der Waals surface area contributed by atoms with Crippen molar-refractivity contribution in [1.29, 1.82) is 0 Å². The first kappa shape index (κ1) is 14.7. The van der Waals surface area contributed by atoms with Crippen molar-refractivity contribution >= 4 is 17.3 Å². The molecule has 108 valence electrons. The van der Waals surface area contributed by atoms with E-state index >= 15 is 0 Å². The molecule has 0 atom stereocenters. The van der Waals surface area contributed by atoms with E-state index in [1.807, 2.05) is 11.8 Å². The van der Waals surface area contributed by atoms with E-state index < -0.39 is 0 Å². The first-order chi connectivity index (χ1) is 10.9. The summed E-state index contributed by atoms with van der Waals surface area (Å²) in [5.74, 6) is 0.961. The van der Waals surface area contributed by atoms with Crippen molar-refractivity contribution in [2.24, 2.45) is 0 Å². The van der Waals surface area contributed by atoms with Gasteiger partial charge in [0.2, 0.25) is 0 Å². The Balaban J connectivity index is 1.84. The van der Waals surface area contributed by atoms with Gasteiger partial charge < -0.3 is 0 Å². The minimum atomic E-state index is 0.961. The molecule has 0 N–H and O–H groups in total. The molecule has 0 radical (unpaired) electrons. The molecule has 0 saturated heterocycles. The van der Waals surface area contributed by atoms with Crippen molar-refractivity contribution in [2.75, 3.05) is 5.75 Å². The normalized spacial score (nSPS) is 10.2. The van der Waals surface area contributed by atoms with Gasteiger partial charge in [-0.2, -0.15) is 0 Å². The van der Waals surface area contributed by atoms with E-state index in [0.29, 0.717) is 0 Å². The molecule has 0 bridgehead atoms. The smallest absolute Gasteiger partial charge is 0.0170 e. The minimum Gasteiger partial charge on any atom is -0.122 e. The Labute approximate surface area is 136 Å². The van der Waals surface area contributed by atoms with Crippen molar-refractivity contribution in [3.63, 3.8) is 0 Å². The maximum absolute atomic E-state index is 2.32. The summed E-state index contributed by atoms with van der Waals surface area (Å²) in [6.07, 6.45) is 2.32. The molecule has 1 heteroatoms. The van der Waals surface area contributed by atoms with Crippen LogP contribution in [0.25, 0.3) is 5.57 Å². The monoisotopic (exact) mass is 302 g/mol. The Kier molecular flexibility index (Phi) is 5.12. The maximum Gasteiger partial charge on any atom is 0.0170 e. The highest BCUT2D eigenvalue weighted by Gasteiger charge is 2.03. The number of rotatable bonds is 5. The summed E-state index contributed by atoms with van der Waals surface area (Å²) in [7, 11) is 0. The third-order valence-corrected chi connectivity index (χ3v) is 4.39. The summed E-state index contributed by atoms with van der Waals surface area (Å²) < 4.78 is 0. The molecule has 0 amide bonds. The number of benzene rings is 3. The molecule has 0 nitrogen and oxygen atoms in total. The summed E-state index contributed by atoms with van der Waals surface area (Å²) in [4.78, 5) is 1.30. The molecular formula is C21H18S. The largest absolute Gasteiger partial charge is 0.122 e. The van der Waals surface area contributed by atoms with Crippen LogP contribution >= 0.6 is 11.8 Å². The van der Waals surface area contributed by atoms with Gasteiger partial charge in [-0.25, -0.2) is 0 Å². The number of hydrogen-bond acceptors (Lipinski definition) is 1. The van der Waals surface area contributed by atoms with Gasteiger partial charge in [0.1, 0.15) is 0 Å². The topological polar surface area (TPSA) is 0 Å². The molecule has 0 saturated carbocycles. The second-order valence-electron chi connectivity index (χ2n) is 4.97. The zero-order chi connectivity index (χ0) is 15.0. The van der Waals surface area contributed by atoms with Crippen LogP contribution in [0.1, 0.15) is 11.1 Å². The van der Waals surface area contributed by atoms with E-state index in [2.05, 4.69) is 97.1 Å². The summed E-state index contributed by atoms with van der Waals surface area (Å²) in [6.45, 7) is 0. The average molecular weight is 302 g/mol. The summed E-state index contributed by atoms with van der Waals surface area (Å²) in [5.41, 5.74) is 3.83. The zero-order valence-electron chi connectivity index (χ0n) is 12.4. The van der Waals surface area contributed by atoms with E-state index in [0.717, 1.165) is 5.75 Å². The first-order valence-electron chi connectivity index (χ1n) is 7.42. The van der Waals surface area contributed by atoms with Crippen LogP contribution in [0.3, 0.4) is 0 Å². The fourth-order valence-electron chi connectivity index (χ4n) is 2.38. The van der Waals surface area contributed by atoms with Gasteiger partial charge >= 0.3 is 0 Å². The van der Waals surface area contributed by atoms with Crippen LogP contribution in [0.2, 0.25) is 0 Å². The molecule has 0 aliphatic carbocycles. The molecule has 0 aliphatic rings. The third kappa shape index (κ3) is 3.90. The van der Waals surface area contributed by atoms with Gasteiger partial charge in [-0.05, 0) is 28.8 Å². The summed E-state index contributed by atoms with van der Waals surface area (Å²) in [6, 6.07) is 31.7. The third-order valence-electron chi connectivity index (χ3n) is 3.45. The Morgan fingerprint density at radius 2 is 1.09 bits per heavy atom. The van der Waals surface area contributed by atoms with Crippen LogP contribution in [-0.4, -0.2) is 5.75 Å². The van der Waals surface area contributed by atoms with E-state index in [1.54, 1.807) is 0 Å². The molecule has 3 rings (SSSR count). The van der Waals surface area contributed by atoms with E-state index in [9.17, 15) is 0 Å². The van der Waals surface area contributed by atoms with Crippen molar-refractivity contribution in [3.05, 3.63) is 108 Å². The lowest BCUT2D eigenvalue weighted by Crippen LogP contribution is -1.88. The standard InChI is InChI=1S/C21H18S/c1-4-10-18(11-5-1)21(19-12-6-2-7-13-19)16-17-22-20-14-8-3-9-15-20/h1-16H,17H2. The Hall–Kier alpha value is -2.25. The highest BCUT2D eigenvalue weighted by atomic mass is 32.2. The number of thioether (sulfide) groups is 1. The summed E-state index contributed by atoms with van der Waals surface area (Å²) >= 11 is 1.86. The SMILES string of the molecule is C(CSc1ccccc1)=C(c1ccccc1)c1ccccc1. The van der Waals surface area contributed by atoms with Gasteiger partial charge in [0.25, 0.3) is 0 Å². The zero-order valence-corrected chi connectivity index (χ0v) is 13.2. The fraction of sp³-hybridized carbons (Fsp3) is 0.0476. The predicted molar refractivity (Wildman–Crippen MR) is 97.1 cm³/mol. The van der Waals surface area contributed by atoms with Crippen molar-refractivity contribution in [1.82, 2.24) is 0 Å². The van der Waals surface area contributed by atoms with Gasteiger partial charge in [0.15, 0.2) is 0 Å². The van der Waals surface area contributed by atoms with E-state index in [1.165, 1.54) is 21.6 Å². The van der Waals surface area contributed by atoms with Crippen LogP contribution in [0.15, 0.2) is 102 Å². The Morgan fingerprint density at radius 3 is 1.59 bits per heavy atom. The number of hydrogen-bond donors (Lipinski definition) is 0. The van der Waals surface area contributed by atoms with Crippen LogP contribution in [-0.2, 0) is 0 Å². The Morgan fingerprint density at radius 1 is 0.636 bits per heavy atom. The maximum atomic E-state index is 2.32. The molecule has 22 heavy (non-hydrogen) atoms. The molecular weight excluding hydrogens is 284 g/mol. The Bertz CT molecular complexity index is 674. The molecule has 0 heterocycles. The molecule has 0 spiro atoms. The molecule has 3 aromatic carbocycles. The second kappa shape index (κ2) is 7.67. The molecule has 0 aromatic heterocycles. The van der Waals surface area contributed by atoms with E-state index in [4.69, 9.17) is 0 Å². The lowest BCUT2D eigenvalue weighted by atomic mass is 9.98. The fourth-order valence-corrected chi connectivity index (χ4v) is 3.17. The van der Waals surface area contributed by atoms with Crippen LogP contribution < -0.4 is 0 Å². The molecule has 0 unspecified atom stereocenters. The lowest BCUT2D eigenvalue weighted by molar-refractivity contribution is 1.46.